The monoisotopic (exact) mass is 257 g/mol. The number of carboxylic acid groups (broad SMARTS) is 1. The van der Waals surface area contributed by atoms with Crippen molar-refractivity contribution in [1.29, 1.82) is 0 Å². The molecule has 0 aromatic heterocycles. The Balaban J connectivity index is 0.000000357. The lowest BCUT2D eigenvalue weighted by Gasteiger charge is -2.17. The van der Waals surface area contributed by atoms with Crippen molar-refractivity contribution < 1.29 is 18.7 Å². The van der Waals surface area contributed by atoms with Crippen molar-refractivity contribution in [2.75, 3.05) is 13.1 Å². The van der Waals surface area contributed by atoms with Gasteiger partial charge in [0, 0.05) is 19.4 Å². The van der Waals surface area contributed by atoms with Gasteiger partial charge in [-0.2, -0.15) is 0 Å². The number of alkyl halides is 2. The molecule has 0 saturated carbocycles. The Bertz CT molecular complexity index is 378. The average molecular weight is 257 g/mol. The van der Waals surface area contributed by atoms with E-state index in [0.717, 1.165) is 12.5 Å². The largest absolute Gasteiger partial charge is 0.481 e. The fraction of sp³-hybridized carbons (Fsp3) is 0.462. The molecule has 1 aromatic rings. The number of benzene rings is 1. The molecule has 1 aromatic carbocycles. The van der Waals surface area contributed by atoms with Gasteiger partial charge in [0.2, 0.25) is 0 Å². The van der Waals surface area contributed by atoms with Crippen molar-refractivity contribution in [3.63, 3.8) is 0 Å². The lowest BCUT2D eigenvalue weighted by molar-refractivity contribution is -0.134. The zero-order chi connectivity index (χ0) is 13.6. The third kappa shape index (κ3) is 4.79. The number of carbonyl (C=O) groups is 1. The molecule has 1 atom stereocenters. The number of rotatable bonds is 2. The number of hydrogen-bond donors (Lipinski definition) is 2. The highest BCUT2D eigenvalue weighted by atomic mass is 19.3. The molecule has 1 saturated heterocycles. The highest BCUT2D eigenvalue weighted by molar-refractivity contribution is 5.62. The second-order valence-electron chi connectivity index (χ2n) is 4.30. The van der Waals surface area contributed by atoms with Gasteiger partial charge in [-0.05, 0) is 12.0 Å². The second kappa shape index (κ2) is 6.44. The van der Waals surface area contributed by atoms with E-state index in [0.29, 0.717) is 13.0 Å². The van der Waals surface area contributed by atoms with E-state index in [9.17, 15) is 8.78 Å². The Morgan fingerprint density at radius 1 is 1.44 bits per heavy atom. The normalized spacial score (nSPS) is 20.9. The van der Waals surface area contributed by atoms with Crippen LogP contribution >= 0.6 is 0 Å². The maximum Gasteiger partial charge on any atom is 0.300 e. The van der Waals surface area contributed by atoms with Gasteiger partial charge in [0.25, 0.3) is 11.9 Å². The summed E-state index contributed by atoms with van der Waals surface area (Å²) in [7, 11) is 0. The molecule has 1 aliphatic heterocycles. The highest BCUT2D eigenvalue weighted by Crippen LogP contribution is 2.30. The molecule has 1 heterocycles. The van der Waals surface area contributed by atoms with E-state index in [1.54, 1.807) is 0 Å². The first kappa shape index (κ1) is 14.6. The summed E-state index contributed by atoms with van der Waals surface area (Å²) in [5, 5.41) is 10.1. The molecule has 3 nitrogen and oxygen atoms in total. The predicted octanol–water partition coefficient (Wildman–Crippen LogP) is 2.17. The Morgan fingerprint density at radius 2 is 2.00 bits per heavy atom. The third-order valence-electron chi connectivity index (χ3n) is 2.67. The molecular weight excluding hydrogens is 240 g/mol. The van der Waals surface area contributed by atoms with Crippen molar-refractivity contribution in [3.8, 4) is 0 Å². The molecule has 5 heteroatoms. The summed E-state index contributed by atoms with van der Waals surface area (Å²) in [5.41, 5.74) is 0.987. The zero-order valence-corrected chi connectivity index (χ0v) is 10.2. The van der Waals surface area contributed by atoms with Crippen molar-refractivity contribution in [2.45, 2.75) is 19.3 Å². The van der Waals surface area contributed by atoms with Gasteiger partial charge < -0.3 is 10.4 Å². The fourth-order valence-corrected chi connectivity index (χ4v) is 1.83. The van der Waals surface area contributed by atoms with E-state index < -0.39 is 17.8 Å². The summed E-state index contributed by atoms with van der Waals surface area (Å²) < 4.78 is 26.5. The van der Waals surface area contributed by atoms with E-state index in [2.05, 4.69) is 5.32 Å². The molecule has 0 bridgehead atoms. The van der Waals surface area contributed by atoms with E-state index in [4.69, 9.17) is 9.90 Å². The Hall–Kier alpha value is -1.49. The third-order valence-corrected chi connectivity index (χ3v) is 2.67. The van der Waals surface area contributed by atoms with Crippen LogP contribution in [0.2, 0.25) is 0 Å². The molecule has 1 unspecified atom stereocenters. The smallest absolute Gasteiger partial charge is 0.300 e. The minimum Gasteiger partial charge on any atom is -0.481 e. The molecule has 0 amide bonds. The summed E-state index contributed by atoms with van der Waals surface area (Å²) in [5.74, 6) is -3.93. The molecule has 1 aliphatic rings. The van der Waals surface area contributed by atoms with Crippen molar-refractivity contribution in [1.82, 2.24) is 5.32 Å². The minimum atomic E-state index is -2.55. The lowest BCUT2D eigenvalue weighted by atomic mass is 9.96. The van der Waals surface area contributed by atoms with Gasteiger partial charge in [-0.25, -0.2) is 8.78 Å². The second-order valence-corrected chi connectivity index (χ2v) is 4.30. The number of halogens is 2. The summed E-state index contributed by atoms with van der Waals surface area (Å²) in [6, 6.07) is 9.46. The van der Waals surface area contributed by atoms with Crippen LogP contribution < -0.4 is 5.32 Å². The quantitative estimate of drug-likeness (QED) is 0.853. The highest BCUT2D eigenvalue weighted by Gasteiger charge is 2.43. The van der Waals surface area contributed by atoms with Gasteiger partial charge >= 0.3 is 0 Å². The first-order valence-corrected chi connectivity index (χ1v) is 5.74. The molecule has 0 radical (unpaired) electrons. The first-order valence-electron chi connectivity index (χ1n) is 5.74. The van der Waals surface area contributed by atoms with Crippen molar-refractivity contribution in [2.24, 2.45) is 5.92 Å². The first-order chi connectivity index (χ1) is 8.42. The van der Waals surface area contributed by atoms with Gasteiger partial charge in [-0.15, -0.1) is 0 Å². The zero-order valence-electron chi connectivity index (χ0n) is 10.2. The lowest BCUT2D eigenvalue weighted by Crippen LogP contribution is -2.28. The van der Waals surface area contributed by atoms with Crippen molar-refractivity contribution >= 4 is 5.97 Å². The van der Waals surface area contributed by atoms with Crippen LogP contribution in [-0.2, 0) is 11.2 Å². The molecule has 18 heavy (non-hydrogen) atoms. The summed E-state index contributed by atoms with van der Waals surface area (Å²) >= 11 is 0. The molecule has 1 fully saturated rings. The molecule has 2 rings (SSSR count). The average Bonchev–Trinajstić information content (AvgIpc) is 2.59. The van der Waals surface area contributed by atoms with Gasteiger partial charge in [0.1, 0.15) is 0 Å². The van der Waals surface area contributed by atoms with Crippen LogP contribution in [0.4, 0.5) is 8.78 Å². The summed E-state index contributed by atoms with van der Waals surface area (Å²) in [4.78, 5) is 9.00. The molecule has 2 N–H and O–H groups in total. The Labute approximate surface area is 105 Å². The fourth-order valence-electron chi connectivity index (χ4n) is 1.83. The van der Waals surface area contributed by atoms with E-state index in [1.807, 2.05) is 30.3 Å². The standard InChI is InChI=1S/C11H13F2N.C2H4O2/c12-11(13)8-14-7-10(11)6-9-4-2-1-3-5-9;1-2(3)4/h1-5,10,14H,6-8H2;1H3,(H,3,4). The van der Waals surface area contributed by atoms with Crippen LogP contribution in [0.3, 0.4) is 0 Å². The van der Waals surface area contributed by atoms with Crippen LogP contribution in [-0.4, -0.2) is 30.1 Å². The van der Waals surface area contributed by atoms with Crippen LogP contribution in [0.5, 0.6) is 0 Å². The predicted molar refractivity (Wildman–Crippen MR) is 64.8 cm³/mol. The molecule has 100 valence electrons. The van der Waals surface area contributed by atoms with Gasteiger partial charge in [-0.1, -0.05) is 30.3 Å². The van der Waals surface area contributed by atoms with Crippen LogP contribution in [0, 0.1) is 5.92 Å². The number of hydrogen-bond acceptors (Lipinski definition) is 2. The van der Waals surface area contributed by atoms with Gasteiger partial charge in [-0.3, -0.25) is 4.79 Å². The Kier molecular flexibility index (Phi) is 5.22. The number of carboxylic acids is 1. The molecule has 0 spiro atoms. The van der Waals surface area contributed by atoms with Gasteiger partial charge in [0.05, 0.1) is 6.54 Å². The summed E-state index contributed by atoms with van der Waals surface area (Å²) in [6.45, 7) is 1.33. The van der Waals surface area contributed by atoms with Crippen molar-refractivity contribution in [3.05, 3.63) is 35.9 Å². The van der Waals surface area contributed by atoms with Crippen LogP contribution in [0.1, 0.15) is 12.5 Å². The maximum absolute atomic E-state index is 13.2. The molecule has 0 aliphatic carbocycles. The SMILES string of the molecule is CC(=O)O.FC1(F)CNCC1Cc1ccccc1. The topological polar surface area (TPSA) is 49.3 Å². The Morgan fingerprint density at radius 3 is 2.44 bits per heavy atom. The van der Waals surface area contributed by atoms with Crippen LogP contribution in [0.15, 0.2) is 30.3 Å². The minimum absolute atomic E-state index is 0.176. The van der Waals surface area contributed by atoms with Crippen LogP contribution in [0.25, 0.3) is 0 Å². The number of nitrogens with one attached hydrogen (secondary N) is 1. The van der Waals surface area contributed by atoms with E-state index >= 15 is 0 Å². The molecular formula is C13H17F2NO2. The van der Waals surface area contributed by atoms with Gasteiger partial charge in [0.15, 0.2) is 0 Å². The van der Waals surface area contributed by atoms with E-state index in [1.165, 1.54) is 0 Å². The number of aliphatic carboxylic acids is 1. The van der Waals surface area contributed by atoms with E-state index in [-0.39, 0.29) is 6.54 Å². The summed E-state index contributed by atoms with van der Waals surface area (Å²) in [6.07, 6.45) is 0.459. The maximum atomic E-state index is 13.2.